The van der Waals surface area contributed by atoms with Crippen LogP contribution in [0.4, 0.5) is 4.79 Å². The second-order valence-corrected chi connectivity index (χ2v) is 4.49. The SMILES string of the molecule is C=CCOC(=O)NCc1cc(C(=O)O)sc1C. The van der Waals surface area contributed by atoms with Crippen LogP contribution < -0.4 is 5.32 Å². The maximum absolute atomic E-state index is 11.1. The van der Waals surface area contributed by atoms with E-state index in [4.69, 9.17) is 9.84 Å². The third kappa shape index (κ3) is 3.92. The van der Waals surface area contributed by atoms with E-state index < -0.39 is 12.1 Å². The molecule has 0 aliphatic rings. The van der Waals surface area contributed by atoms with Crippen LogP contribution in [0.5, 0.6) is 0 Å². The highest BCUT2D eigenvalue weighted by Crippen LogP contribution is 2.21. The number of carboxylic acid groups (broad SMARTS) is 1. The molecule has 1 aromatic rings. The Bertz CT molecular complexity index is 439. The molecule has 0 radical (unpaired) electrons. The molecule has 0 unspecified atom stereocenters. The Hall–Kier alpha value is -1.82. The molecule has 1 heterocycles. The Morgan fingerprint density at radius 1 is 1.65 bits per heavy atom. The predicted molar refractivity (Wildman–Crippen MR) is 64.4 cm³/mol. The number of carbonyl (C=O) groups is 2. The molecule has 0 fully saturated rings. The van der Waals surface area contributed by atoms with Crippen LogP contribution in [0.2, 0.25) is 0 Å². The van der Waals surface area contributed by atoms with Crippen LogP contribution in [0, 0.1) is 6.92 Å². The van der Waals surface area contributed by atoms with Crippen molar-refractivity contribution in [2.45, 2.75) is 13.5 Å². The van der Waals surface area contributed by atoms with Crippen molar-refractivity contribution in [2.24, 2.45) is 0 Å². The summed E-state index contributed by atoms with van der Waals surface area (Å²) in [6.45, 7) is 5.63. The normalized spacial score (nSPS) is 9.71. The van der Waals surface area contributed by atoms with Crippen molar-refractivity contribution in [1.29, 1.82) is 0 Å². The zero-order valence-electron chi connectivity index (χ0n) is 9.36. The first-order valence-corrected chi connectivity index (χ1v) is 5.70. The fourth-order valence-corrected chi connectivity index (χ4v) is 2.03. The minimum absolute atomic E-state index is 0.148. The molecule has 1 rings (SSSR count). The van der Waals surface area contributed by atoms with Crippen molar-refractivity contribution < 1.29 is 19.4 Å². The molecule has 92 valence electrons. The highest BCUT2D eigenvalue weighted by molar-refractivity contribution is 7.14. The summed E-state index contributed by atoms with van der Waals surface area (Å²) in [6.07, 6.45) is 0.921. The minimum Gasteiger partial charge on any atom is -0.477 e. The number of hydrogen-bond donors (Lipinski definition) is 2. The summed E-state index contributed by atoms with van der Waals surface area (Å²) in [7, 11) is 0. The predicted octanol–water partition coefficient (Wildman–Crippen LogP) is 2.17. The van der Waals surface area contributed by atoms with Gasteiger partial charge in [0.15, 0.2) is 0 Å². The van der Waals surface area contributed by atoms with Crippen molar-refractivity contribution in [3.05, 3.63) is 34.0 Å². The lowest BCUT2D eigenvalue weighted by Gasteiger charge is -2.04. The second kappa shape index (κ2) is 6.05. The van der Waals surface area contributed by atoms with Gasteiger partial charge in [0.25, 0.3) is 0 Å². The number of hydrogen-bond acceptors (Lipinski definition) is 4. The van der Waals surface area contributed by atoms with Crippen LogP contribution in [-0.4, -0.2) is 23.8 Å². The standard InChI is InChI=1S/C11H13NO4S/c1-3-4-16-11(15)12-6-8-5-9(10(13)14)17-7(8)2/h3,5H,1,4,6H2,2H3,(H,12,15)(H,13,14). The lowest BCUT2D eigenvalue weighted by Crippen LogP contribution is -2.23. The fourth-order valence-electron chi connectivity index (χ4n) is 1.15. The van der Waals surface area contributed by atoms with Gasteiger partial charge in [-0.3, -0.25) is 0 Å². The van der Waals surface area contributed by atoms with E-state index in [1.807, 2.05) is 6.92 Å². The van der Waals surface area contributed by atoms with Gasteiger partial charge in [-0.2, -0.15) is 0 Å². The molecule has 0 saturated carbocycles. The van der Waals surface area contributed by atoms with Crippen LogP contribution in [0.25, 0.3) is 0 Å². The molecule has 1 aromatic heterocycles. The summed E-state index contributed by atoms with van der Waals surface area (Å²) in [5, 5.41) is 11.3. The zero-order valence-corrected chi connectivity index (χ0v) is 10.2. The quantitative estimate of drug-likeness (QED) is 0.791. The topological polar surface area (TPSA) is 75.6 Å². The van der Waals surface area contributed by atoms with Crippen molar-refractivity contribution in [2.75, 3.05) is 6.61 Å². The molecule has 0 aromatic carbocycles. The highest BCUT2D eigenvalue weighted by atomic mass is 32.1. The van der Waals surface area contributed by atoms with Crippen LogP contribution in [0.3, 0.4) is 0 Å². The first kappa shape index (κ1) is 13.2. The maximum atomic E-state index is 11.1. The average Bonchev–Trinajstić information content (AvgIpc) is 2.65. The van der Waals surface area contributed by atoms with Crippen LogP contribution in [-0.2, 0) is 11.3 Å². The van der Waals surface area contributed by atoms with Gasteiger partial charge >= 0.3 is 12.1 Å². The number of amides is 1. The number of alkyl carbamates (subject to hydrolysis) is 1. The number of carboxylic acids is 1. The average molecular weight is 255 g/mol. The van der Waals surface area contributed by atoms with E-state index in [0.29, 0.717) is 0 Å². The number of ether oxygens (including phenoxy) is 1. The Balaban J connectivity index is 2.54. The molecule has 0 spiro atoms. The summed E-state index contributed by atoms with van der Waals surface area (Å²) < 4.78 is 4.73. The van der Waals surface area contributed by atoms with E-state index in [0.717, 1.165) is 10.4 Å². The Morgan fingerprint density at radius 2 is 2.35 bits per heavy atom. The molecule has 1 amide bonds. The lowest BCUT2D eigenvalue weighted by molar-refractivity contribution is 0.0702. The van der Waals surface area contributed by atoms with Gasteiger partial charge in [0, 0.05) is 11.4 Å². The Kier molecular flexibility index (Phi) is 4.71. The summed E-state index contributed by atoms with van der Waals surface area (Å²) in [4.78, 5) is 23.0. The van der Waals surface area contributed by atoms with E-state index in [2.05, 4.69) is 11.9 Å². The lowest BCUT2D eigenvalue weighted by atomic mass is 10.2. The van der Waals surface area contributed by atoms with Gasteiger partial charge in [0.1, 0.15) is 11.5 Å². The summed E-state index contributed by atoms with van der Waals surface area (Å²) in [6, 6.07) is 1.55. The number of carbonyl (C=O) groups excluding carboxylic acids is 1. The zero-order chi connectivity index (χ0) is 12.8. The molecule has 0 saturated heterocycles. The molecule has 0 aliphatic carbocycles. The van der Waals surface area contributed by atoms with Crippen molar-refractivity contribution in [3.8, 4) is 0 Å². The van der Waals surface area contributed by atoms with Gasteiger partial charge in [-0.15, -0.1) is 11.3 Å². The molecular weight excluding hydrogens is 242 g/mol. The number of thiophene rings is 1. The van der Waals surface area contributed by atoms with Crippen molar-refractivity contribution in [1.82, 2.24) is 5.32 Å². The van der Waals surface area contributed by atoms with Gasteiger partial charge in [-0.1, -0.05) is 12.7 Å². The molecule has 17 heavy (non-hydrogen) atoms. The van der Waals surface area contributed by atoms with E-state index in [9.17, 15) is 9.59 Å². The van der Waals surface area contributed by atoms with E-state index in [1.165, 1.54) is 17.4 Å². The number of nitrogens with one attached hydrogen (secondary N) is 1. The van der Waals surface area contributed by atoms with E-state index in [1.54, 1.807) is 6.07 Å². The van der Waals surface area contributed by atoms with Gasteiger partial charge in [-0.05, 0) is 18.6 Å². The van der Waals surface area contributed by atoms with Crippen LogP contribution in [0.15, 0.2) is 18.7 Å². The van der Waals surface area contributed by atoms with Gasteiger partial charge < -0.3 is 15.2 Å². The first-order chi connectivity index (χ1) is 8.04. The monoisotopic (exact) mass is 255 g/mol. The molecular formula is C11H13NO4S. The summed E-state index contributed by atoms with van der Waals surface area (Å²) >= 11 is 1.18. The van der Waals surface area contributed by atoms with Gasteiger partial charge in [-0.25, -0.2) is 9.59 Å². The smallest absolute Gasteiger partial charge is 0.407 e. The Labute approximate surface area is 103 Å². The number of rotatable bonds is 5. The molecule has 0 bridgehead atoms. The van der Waals surface area contributed by atoms with Crippen molar-refractivity contribution in [3.63, 3.8) is 0 Å². The van der Waals surface area contributed by atoms with Gasteiger partial charge in [0.2, 0.25) is 0 Å². The first-order valence-electron chi connectivity index (χ1n) is 4.88. The molecule has 0 aliphatic heterocycles. The van der Waals surface area contributed by atoms with Crippen LogP contribution >= 0.6 is 11.3 Å². The third-order valence-electron chi connectivity index (χ3n) is 1.99. The summed E-state index contributed by atoms with van der Waals surface area (Å²) in [5.74, 6) is -0.960. The van der Waals surface area contributed by atoms with Gasteiger partial charge in [0.05, 0.1) is 0 Å². The highest BCUT2D eigenvalue weighted by Gasteiger charge is 2.11. The molecule has 0 atom stereocenters. The number of aromatic carboxylic acids is 1. The molecule has 2 N–H and O–H groups in total. The molecule has 5 nitrogen and oxygen atoms in total. The second-order valence-electron chi connectivity index (χ2n) is 3.24. The number of aryl methyl sites for hydroxylation is 1. The van der Waals surface area contributed by atoms with Crippen molar-refractivity contribution >= 4 is 23.4 Å². The summed E-state index contributed by atoms with van der Waals surface area (Å²) in [5.41, 5.74) is 0.781. The van der Waals surface area contributed by atoms with E-state index in [-0.39, 0.29) is 18.0 Å². The fraction of sp³-hybridized carbons (Fsp3) is 0.273. The maximum Gasteiger partial charge on any atom is 0.407 e. The Morgan fingerprint density at radius 3 is 2.88 bits per heavy atom. The molecule has 6 heteroatoms. The minimum atomic E-state index is -0.960. The van der Waals surface area contributed by atoms with E-state index >= 15 is 0 Å². The third-order valence-corrected chi connectivity index (χ3v) is 3.07. The largest absolute Gasteiger partial charge is 0.477 e. The van der Waals surface area contributed by atoms with Crippen LogP contribution in [0.1, 0.15) is 20.1 Å².